The number of aliphatic carboxylic acids is 1. The number of hydrogen-bond donors (Lipinski definition) is 2. The summed E-state index contributed by atoms with van der Waals surface area (Å²) in [5.41, 5.74) is 4.59. The summed E-state index contributed by atoms with van der Waals surface area (Å²) in [6, 6.07) is 15.6. The van der Waals surface area contributed by atoms with Crippen molar-refractivity contribution in [3.63, 3.8) is 0 Å². The van der Waals surface area contributed by atoms with Crippen LogP contribution < -0.4 is 5.32 Å². The number of fused-ring (bicyclic) bond motifs is 3. The van der Waals surface area contributed by atoms with Crippen LogP contribution >= 0.6 is 0 Å². The van der Waals surface area contributed by atoms with Crippen LogP contribution in [0.3, 0.4) is 0 Å². The van der Waals surface area contributed by atoms with Gasteiger partial charge in [0.15, 0.2) is 0 Å². The summed E-state index contributed by atoms with van der Waals surface area (Å²) in [5, 5.41) is 11.5. The van der Waals surface area contributed by atoms with Gasteiger partial charge in [0, 0.05) is 19.0 Å². The number of amides is 2. The largest absolute Gasteiger partial charge is 0.480 e. The molecule has 1 aliphatic heterocycles. The summed E-state index contributed by atoms with van der Waals surface area (Å²) in [6.45, 7) is 2.76. The van der Waals surface area contributed by atoms with E-state index in [2.05, 4.69) is 29.6 Å². The number of likely N-dealkylation sites (tertiary alicyclic amines) is 1. The number of nitrogens with one attached hydrogen (secondary N) is 1. The second-order valence-electron chi connectivity index (χ2n) is 9.04. The highest BCUT2D eigenvalue weighted by Gasteiger charge is 2.32. The number of ether oxygens (including phenoxy) is 2. The molecule has 0 radical (unpaired) electrons. The fraction of sp³-hybridized carbons (Fsp3) is 0.444. The van der Waals surface area contributed by atoms with E-state index in [0.717, 1.165) is 28.7 Å². The van der Waals surface area contributed by atoms with Crippen LogP contribution in [0, 0.1) is 0 Å². The Morgan fingerprint density at radius 3 is 2.20 bits per heavy atom. The number of carbonyl (C=O) groups is 3. The van der Waals surface area contributed by atoms with Crippen molar-refractivity contribution in [2.45, 2.75) is 50.7 Å². The maximum atomic E-state index is 13.1. The molecule has 8 heteroatoms. The third kappa shape index (κ3) is 5.82. The molecule has 1 aliphatic carbocycles. The van der Waals surface area contributed by atoms with E-state index in [9.17, 15) is 14.4 Å². The van der Waals surface area contributed by atoms with Gasteiger partial charge in [0.25, 0.3) is 0 Å². The van der Waals surface area contributed by atoms with Gasteiger partial charge in [0.2, 0.25) is 5.91 Å². The van der Waals surface area contributed by atoms with Crippen LogP contribution in [-0.2, 0) is 19.1 Å². The molecule has 0 saturated carbocycles. The van der Waals surface area contributed by atoms with Gasteiger partial charge >= 0.3 is 12.1 Å². The van der Waals surface area contributed by atoms with Crippen LogP contribution in [0.2, 0.25) is 0 Å². The van der Waals surface area contributed by atoms with Crippen LogP contribution in [-0.4, -0.2) is 66.4 Å². The molecule has 4 rings (SSSR count). The third-order valence-electron chi connectivity index (χ3n) is 6.71. The minimum absolute atomic E-state index is 0.0432. The van der Waals surface area contributed by atoms with Gasteiger partial charge in [-0.15, -0.1) is 0 Å². The lowest BCUT2D eigenvalue weighted by atomic mass is 9.98. The normalized spacial score (nSPS) is 16.3. The minimum Gasteiger partial charge on any atom is -0.480 e. The van der Waals surface area contributed by atoms with Crippen molar-refractivity contribution in [3.8, 4) is 11.1 Å². The van der Waals surface area contributed by atoms with Crippen molar-refractivity contribution < 1.29 is 29.0 Å². The van der Waals surface area contributed by atoms with E-state index in [0.29, 0.717) is 32.4 Å². The lowest BCUT2D eigenvalue weighted by Gasteiger charge is -2.34. The predicted octanol–water partition coefficient (Wildman–Crippen LogP) is 3.79. The summed E-state index contributed by atoms with van der Waals surface area (Å²) in [4.78, 5) is 38.2. The van der Waals surface area contributed by atoms with Gasteiger partial charge in [-0.2, -0.15) is 0 Å². The maximum absolute atomic E-state index is 13.1. The molecule has 2 aliphatic rings. The molecular formula is C27H32N2O6. The molecule has 186 valence electrons. The summed E-state index contributed by atoms with van der Waals surface area (Å²) in [5.74, 6) is -1.19. The van der Waals surface area contributed by atoms with Crippen LogP contribution in [0.25, 0.3) is 11.1 Å². The van der Waals surface area contributed by atoms with Gasteiger partial charge in [0.05, 0.1) is 6.10 Å². The molecule has 0 aromatic heterocycles. The molecule has 0 spiro atoms. The zero-order valence-corrected chi connectivity index (χ0v) is 19.9. The van der Waals surface area contributed by atoms with Gasteiger partial charge in [0.1, 0.15) is 19.3 Å². The van der Waals surface area contributed by atoms with E-state index >= 15 is 0 Å². The molecule has 8 nitrogen and oxygen atoms in total. The molecule has 1 fully saturated rings. The first-order chi connectivity index (χ1) is 17.0. The molecule has 0 bridgehead atoms. The third-order valence-corrected chi connectivity index (χ3v) is 6.71. The van der Waals surface area contributed by atoms with E-state index in [-0.39, 0.29) is 31.1 Å². The molecule has 2 amide bonds. The van der Waals surface area contributed by atoms with Gasteiger partial charge < -0.3 is 24.8 Å². The standard InChI is InChI=1S/C27H32N2O6/c1-2-7-24(26(32)29-14-12-18(13-15-29)34-17-25(30)31)28-27(33)35-16-23-21-10-5-3-8-19(21)20-9-4-6-11-22(20)23/h3-6,8-11,18,23-24H,2,7,12-17H2,1H3,(H,28,33)(H,30,31)/t24-/m0/s1. The van der Waals surface area contributed by atoms with E-state index in [1.165, 1.54) is 0 Å². The van der Waals surface area contributed by atoms with Crippen molar-refractivity contribution >= 4 is 18.0 Å². The number of nitrogens with zero attached hydrogens (tertiary/aromatic N) is 1. The Labute approximate surface area is 205 Å². The summed E-state index contributed by atoms with van der Waals surface area (Å²) in [6.07, 6.45) is 1.62. The predicted molar refractivity (Wildman–Crippen MR) is 130 cm³/mol. The molecule has 0 unspecified atom stereocenters. The maximum Gasteiger partial charge on any atom is 0.407 e. The first-order valence-electron chi connectivity index (χ1n) is 12.2. The fourth-order valence-electron chi connectivity index (χ4n) is 4.98. The molecule has 35 heavy (non-hydrogen) atoms. The van der Waals surface area contributed by atoms with Gasteiger partial charge in [-0.1, -0.05) is 61.9 Å². The molecule has 1 saturated heterocycles. The van der Waals surface area contributed by atoms with Crippen LogP contribution in [0.4, 0.5) is 4.79 Å². The molecular weight excluding hydrogens is 448 g/mol. The number of hydrogen-bond acceptors (Lipinski definition) is 5. The van der Waals surface area contributed by atoms with E-state index in [4.69, 9.17) is 14.6 Å². The molecule has 1 atom stereocenters. The lowest BCUT2D eigenvalue weighted by Crippen LogP contribution is -2.51. The highest BCUT2D eigenvalue weighted by Crippen LogP contribution is 2.44. The SMILES string of the molecule is CCC[C@H](NC(=O)OCC1c2ccccc2-c2ccccc21)C(=O)N1CCC(OCC(=O)O)CC1. The van der Waals surface area contributed by atoms with Gasteiger partial charge in [-0.05, 0) is 41.5 Å². The Kier molecular flexibility index (Phi) is 8.02. The zero-order valence-electron chi connectivity index (χ0n) is 19.9. The monoisotopic (exact) mass is 480 g/mol. The van der Waals surface area contributed by atoms with Crippen molar-refractivity contribution in [1.29, 1.82) is 0 Å². The van der Waals surface area contributed by atoms with Crippen molar-refractivity contribution in [3.05, 3.63) is 59.7 Å². The van der Waals surface area contributed by atoms with E-state index < -0.39 is 18.1 Å². The number of piperidine rings is 1. The lowest BCUT2D eigenvalue weighted by molar-refractivity contribution is -0.147. The van der Waals surface area contributed by atoms with Crippen molar-refractivity contribution in [2.75, 3.05) is 26.3 Å². The number of alkyl carbamates (subject to hydrolysis) is 1. The second-order valence-corrected chi connectivity index (χ2v) is 9.04. The Morgan fingerprint density at radius 1 is 1.03 bits per heavy atom. The average molecular weight is 481 g/mol. The Bertz CT molecular complexity index is 1020. The smallest absolute Gasteiger partial charge is 0.407 e. The van der Waals surface area contributed by atoms with Crippen LogP contribution in [0.5, 0.6) is 0 Å². The van der Waals surface area contributed by atoms with E-state index in [1.807, 2.05) is 31.2 Å². The van der Waals surface area contributed by atoms with Gasteiger partial charge in [-0.25, -0.2) is 9.59 Å². The Morgan fingerprint density at radius 2 is 1.63 bits per heavy atom. The highest BCUT2D eigenvalue weighted by atomic mass is 16.5. The number of carbonyl (C=O) groups excluding carboxylic acids is 2. The number of carboxylic acid groups (broad SMARTS) is 1. The summed E-state index contributed by atoms with van der Waals surface area (Å²) >= 11 is 0. The van der Waals surface area contributed by atoms with E-state index in [1.54, 1.807) is 4.90 Å². The van der Waals surface area contributed by atoms with Crippen molar-refractivity contribution in [1.82, 2.24) is 10.2 Å². The summed E-state index contributed by atoms with van der Waals surface area (Å²) in [7, 11) is 0. The zero-order chi connectivity index (χ0) is 24.8. The number of carboxylic acids is 1. The van der Waals surface area contributed by atoms with Crippen LogP contribution in [0.15, 0.2) is 48.5 Å². The minimum atomic E-state index is -1.00. The Hall–Kier alpha value is -3.39. The van der Waals surface area contributed by atoms with Crippen molar-refractivity contribution in [2.24, 2.45) is 0 Å². The summed E-state index contributed by atoms with van der Waals surface area (Å²) < 4.78 is 11.0. The fourth-order valence-corrected chi connectivity index (χ4v) is 4.98. The Balaban J connectivity index is 1.33. The quantitative estimate of drug-likeness (QED) is 0.566. The molecule has 1 heterocycles. The first kappa shape index (κ1) is 24.7. The topological polar surface area (TPSA) is 105 Å². The molecule has 2 aromatic rings. The molecule has 2 aromatic carbocycles. The molecule has 2 N–H and O–H groups in total. The number of rotatable bonds is 9. The average Bonchev–Trinajstić information content (AvgIpc) is 3.19. The number of benzene rings is 2. The van der Waals surface area contributed by atoms with Gasteiger partial charge in [-0.3, -0.25) is 4.79 Å². The van der Waals surface area contributed by atoms with Crippen LogP contribution in [0.1, 0.15) is 49.7 Å². The first-order valence-corrected chi connectivity index (χ1v) is 12.2. The highest BCUT2D eigenvalue weighted by molar-refractivity contribution is 5.86. The second kappa shape index (κ2) is 11.4.